The predicted octanol–water partition coefficient (Wildman–Crippen LogP) is 4.77. The van der Waals surface area contributed by atoms with Crippen molar-refractivity contribution in [3.8, 4) is 5.75 Å². The maximum atomic E-state index is 13.2. The lowest BCUT2D eigenvalue weighted by molar-refractivity contribution is -0.136. The van der Waals surface area contributed by atoms with Gasteiger partial charge in [0, 0.05) is 29.9 Å². The van der Waals surface area contributed by atoms with E-state index >= 15 is 0 Å². The Labute approximate surface area is 190 Å². The zero-order valence-corrected chi connectivity index (χ0v) is 19.0. The van der Waals surface area contributed by atoms with Crippen molar-refractivity contribution in [2.75, 3.05) is 19.7 Å². The fraction of sp³-hybridized carbons (Fsp3) is 0.407. The van der Waals surface area contributed by atoms with E-state index in [0.29, 0.717) is 23.8 Å². The highest BCUT2D eigenvalue weighted by Gasteiger charge is 2.38. The molecule has 0 aliphatic carbocycles. The van der Waals surface area contributed by atoms with Crippen LogP contribution in [0.1, 0.15) is 54.6 Å². The standard InChI is InChI=1S/C27H32N2O3/c1-4-32-23-13-11-21(12-14-23)9-10-22-15-17-28(18-16-22)26(30)20(3)29-19(2)24-7-5-6-8-25(24)27(29)31/h5-8,11-14,20,22H,2,4,9-10,15-18H2,1,3H3. The fourth-order valence-corrected chi connectivity index (χ4v) is 4.82. The number of amides is 2. The van der Waals surface area contributed by atoms with Gasteiger partial charge in [-0.3, -0.25) is 14.5 Å². The van der Waals surface area contributed by atoms with Gasteiger partial charge in [0.2, 0.25) is 5.91 Å². The van der Waals surface area contributed by atoms with Crippen LogP contribution < -0.4 is 4.74 Å². The molecular formula is C27H32N2O3. The van der Waals surface area contributed by atoms with E-state index in [1.165, 1.54) is 5.56 Å². The van der Waals surface area contributed by atoms with E-state index in [1.54, 1.807) is 11.0 Å². The minimum absolute atomic E-state index is 0.0114. The molecular weight excluding hydrogens is 400 g/mol. The summed E-state index contributed by atoms with van der Waals surface area (Å²) >= 11 is 0. The predicted molar refractivity (Wildman–Crippen MR) is 126 cm³/mol. The Morgan fingerprint density at radius 1 is 1.09 bits per heavy atom. The lowest BCUT2D eigenvalue weighted by Crippen LogP contribution is -2.49. The number of carbonyl (C=O) groups excluding carboxylic acids is 2. The number of aryl methyl sites for hydroxylation is 1. The van der Waals surface area contributed by atoms with Gasteiger partial charge in [0.25, 0.3) is 5.91 Å². The lowest BCUT2D eigenvalue weighted by atomic mass is 9.90. The summed E-state index contributed by atoms with van der Waals surface area (Å²) in [7, 11) is 0. The molecule has 5 heteroatoms. The molecule has 4 rings (SSSR count). The summed E-state index contributed by atoms with van der Waals surface area (Å²) in [6, 6.07) is 15.2. The number of piperidine rings is 1. The van der Waals surface area contributed by atoms with E-state index < -0.39 is 6.04 Å². The van der Waals surface area contributed by atoms with Gasteiger partial charge in [-0.25, -0.2) is 0 Å². The second-order valence-electron chi connectivity index (χ2n) is 8.73. The summed E-state index contributed by atoms with van der Waals surface area (Å²) in [6.07, 6.45) is 4.18. The number of fused-ring (bicyclic) bond motifs is 1. The minimum atomic E-state index is -0.539. The molecule has 2 aliphatic heterocycles. The van der Waals surface area contributed by atoms with Crippen LogP contribution in [0.5, 0.6) is 5.75 Å². The van der Waals surface area contributed by atoms with Crippen LogP contribution in [0.3, 0.4) is 0 Å². The molecule has 0 radical (unpaired) electrons. The zero-order chi connectivity index (χ0) is 22.7. The van der Waals surface area contributed by atoms with Crippen molar-refractivity contribution in [2.24, 2.45) is 5.92 Å². The summed E-state index contributed by atoms with van der Waals surface area (Å²) in [4.78, 5) is 29.5. The quantitative estimate of drug-likeness (QED) is 0.633. The molecule has 2 amide bonds. The van der Waals surface area contributed by atoms with Crippen molar-refractivity contribution in [2.45, 2.75) is 45.6 Å². The van der Waals surface area contributed by atoms with E-state index in [0.717, 1.165) is 50.1 Å². The minimum Gasteiger partial charge on any atom is -0.494 e. The first-order valence-electron chi connectivity index (χ1n) is 11.6. The smallest absolute Gasteiger partial charge is 0.259 e. The Balaban J connectivity index is 1.28. The fourth-order valence-electron chi connectivity index (χ4n) is 4.82. The molecule has 0 saturated carbocycles. The van der Waals surface area contributed by atoms with Crippen LogP contribution in [0.2, 0.25) is 0 Å². The van der Waals surface area contributed by atoms with E-state index in [2.05, 4.69) is 18.7 Å². The summed E-state index contributed by atoms with van der Waals surface area (Å²) < 4.78 is 5.51. The molecule has 0 spiro atoms. The topological polar surface area (TPSA) is 49.9 Å². The molecule has 1 saturated heterocycles. The third-order valence-corrected chi connectivity index (χ3v) is 6.72. The third kappa shape index (κ3) is 4.43. The highest BCUT2D eigenvalue weighted by molar-refractivity contribution is 6.10. The monoisotopic (exact) mass is 432 g/mol. The Kier molecular flexibility index (Phi) is 6.63. The number of rotatable bonds is 7. The van der Waals surface area contributed by atoms with Gasteiger partial charge in [-0.15, -0.1) is 0 Å². The highest BCUT2D eigenvalue weighted by atomic mass is 16.5. The van der Waals surface area contributed by atoms with Crippen molar-refractivity contribution in [3.63, 3.8) is 0 Å². The van der Waals surface area contributed by atoms with Gasteiger partial charge < -0.3 is 9.64 Å². The van der Waals surface area contributed by atoms with Crippen molar-refractivity contribution in [1.29, 1.82) is 0 Å². The van der Waals surface area contributed by atoms with Gasteiger partial charge in [0.05, 0.1) is 6.61 Å². The maximum absolute atomic E-state index is 13.2. The first-order chi connectivity index (χ1) is 15.5. The van der Waals surface area contributed by atoms with E-state index in [-0.39, 0.29) is 11.8 Å². The Morgan fingerprint density at radius 2 is 1.75 bits per heavy atom. The van der Waals surface area contributed by atoms with Gasteiger partial charge in [-0.05, 0) is 69.2 Å². The molecule has 2 aromatic rings. The van der Waals surface area contributed by atoms with Crippen LogP contribution in [-0.4, -0.2) is 47.4 Å². The van der Waals surface area contributed by atoms with Crippen LogP contribution in [0.4, 0.5) is 0 Å². The molecule has 168 valence electrons. The average molecular weight is 433 g/mol. The number of likely N-dealkylation sites (tertiary alicyclic amines) is 1. The molecule has 32 heavy (non-hydrogen) atoms. The number of hydrogen-bond donors (Lipinski definition) is 0. The molecule has 0 N–H and O–H groups in total. The van der Waals surface area contributed by atoms with Crippen LogP contribution in [0.15, 0.2) is 55.1 Å². The molecule has 1 atom stereocenters. The molecule has 0 aromatic heterocycles. The Hall–Kier alpha value is -3.08. The third-order valence-electron chi connectivity index (χ3n) is 6.72. The van der Waals surface area contributed by atoms with E-state index in [9.17, 15) is 9.59 Å². The second kappa shape index (κ2) is 9.60. The number of hydrogen-bond acceptors (Lipinski definition) is 3. The molecule has 2 aliphatic rings. The summed E-state index contributed by atoms with van der Waals surface area (Å²) in [5.41, 5.74) is 3.40. The Morgan fingerprint density at radius 3 is 2.38 bits per heavy atom. The first kappa shape index (κ1) is 22.1. The maximum Gasteiger partial charge on any atom is 0.259 e. The van der Waals surface area contributed by atoms with E-state index in [1.807, 2.05) is 49.1 Å². The van der Waals surface area contributed by atoms with Crippen molar-refractivity contribution >= 4 is 17.5 Å². The second-order valence-corrected chi connectivity index (χ2v) is 8.73. The highest BCUT2D eigenvalue weighted by Crippen LogP contribution is 2.34. The first-order valence-corrected chi connectivity index (χ1v) is 11.6. The number of carbonyl (C=O) groups is 2. The zero-order valence-electron chi connectivity index (χ0n) is 19.0. The largest absolute Gasteiger partial charge is 0.494 e. The number of benzene rings is 2. The van der Waals surface area contributed by atoms with Crippen molar-refractivity contribution in [3.05, 3.63) is 71.8 Å². The summed E-state index contributed by atoms with van der Waals surface area (Å²) in [5.74, 6) is 1.42. The van der Waals surface area contributed by atoms with Crippen LogP contribution >= 0.6 is 0 Å². The van der Waals surface area contributed by atoms with Crippen molar-refractivity contribution < 1.29 is 14.3 Å². The van der Waals surface area contributed by atoms with Crippen molar-refractivity contribution in [1.82, 2.24) is 9.80 Å². The van der Waals surface area contributed by atoms with Gasteiger partial charge in [-0.1, -0.05) is 36.9 Å². The van der Waals surface area contributed by atoms with E-state index in [4.69, 9.17) is 4.74 Å². The van der Waals surface area contributed by atoms with Crippen LogP contribution in [0, 0.1) is 5.92 Å². The van der Waals surface area contributed by atoms with Gasteiger partial charge in [0.15, 0.2) is 0 Å². The molecule has 1 fully saturated rings. The van der Waals surface area contributed by atoms with Gasteiger partial charge in [-0.2, -0.15) is 0 Å². The molecule has 1 unspecified atom stereocenters. The van der Waals surface area contributed by atoms with Crippen LogP contribution in [-0.2, 0) is 11.2 Å². The molecule has 0 bridgehead atoms. The normalized spacial score (nSPS) is 17.4. The average Bonchev–Trinajstić information content (AvgIpc) is 3.08. The summed E-state index contributed by atoms with van der Waals surface area (Å²) in [6.45, 7) is 10.1. The SMILES string of the molecule is C=C1c2ccccc2C(=O)N1C(C)C(=O)N1CCC(CCc2ccc(OCC)cc2)CC1. The lowest BCUT2D eigenvalue weighted by Gasteiger charge is -2.36. The van der Waals surface area contributed by atoms with Crippen LogP contribution in [0.25, 0.3) is 5.70 Å². The number of ether oxygens (including phenoxy) is 1. The summed E-state index contributed by atoms with van der Waals surface area (Å²) in [5, 5.41) is 0. The molecule has 2 aromatic carbocycles. The number of nitrogens with zero attached hydrogens (tertiary/aromatic N) is 2. The van der Waals surface area contributed by atoms with Gasteiger partial charge >= 0.3 is 0 Å². The molecule has 5 nitrogen and oxygen atoms in total. The molecule has 2 heterocycles. The Bertz CT molecular complexity index is 955. The van der Waals surface area contributed by atoms with Gasteiger partial charge in [0.1, 0.15) is 11.8 Å².